The van der Waals surface area contributed by atoms with E-state index in [0.717, 1.165) is 16.1 Å². The number of amides is 2. The first-order valence-corrected chi connectivity index (χ1v) is 13.0. The first kappa shape index (κ1) is 26.0. The number of ether oxygens (including phenoxy) is 1. The molecule has 4 aromatic carbocycles. The van der Waals surface area contributed by atoms with E-state index < -0.39 is 5.25 Å². The summed E-state index contributed by atoms with van der Waals surface area (Å²) < 4.78 is 5.16. The van der Waals surface area contributed by atoms with Crippen molar-refractivity contribution in [3.05, 3.63) is 120 Å². The standard InChI is InChI=1S/C31H30N2O3S/c1-21(2)22-12-16-25(17-13-22)32-31(35)29(23-8-5-4-6-9-23)37-28-11-7-10-26(20-28)33-30(34)24-14-18-27(36-3)19-15-24/h4-21,29H,1-3H3,(H,32,35)(H,33,34). The molecule has 0 fully saturated rings. The summed E-state index contributed by atoms with van der Waals surface area (Å²) in [5.74, 6) is 0.791. The fourth-order valence-corrected chi connectivity index (χ4v) is 4.87. The summed E-state index contributed by atoms with van der Waals surface area (Å²) in [6.07, 6.45) is 0. The lowest BCUT2D eigenvalue weighted by Crippen LogP contribution is -2.19. The third-order valence-electron chi connectivity index (χ3n) is 5.88. The normalized spacial score (nSPS) is 11.6. The summed E-state index contributed by atoms with van der Waals surface area (Å²) in [5.41, 5.74) is 4.07. The quantitative estimate of drug-likeness (QED) is 0.228. The van der Waals surface area contributed by atoms with Gasteiger partial charge in [-0.1, -0.05) is 62.4 Å². The van der Waals surface area contributed by atoms with E-state index in [0.29, 0.717) is 22.9 Å². The van der Waals surface area contributed by atoms with Gasteiger partial charge >= 0.3 is 0 Å². The van der Waals surface area contributed by atoms with E-state index in [1.165, 1.54) is 17.3 Å². The minimum absolute atomic E-state index is 0.110. The average molecular weight is 511 g/mol. The van der Waals surface area contributed by atoms with Crippen molar-refractivity contribution in [1.82, 2.24) is 0 Å². The van der Waals surface area contributed by atoms with Crippen LogP contribution in [0.2, 0.25) is 0 Å². The predicted molar refractivity (Wildman–Crippen MR) is 152 cm³/mol. The van der Waals surface area contributed by atoms with Crippen LogP contribution in [0.15, 0.2) is 108 Å². The van der Waals surface area contributed by atoms with E-state index in [1.54, 1.807) is 31.4 Å². The van der Waals surface area contributed by atoms with Crippen LogP contribution in [0.4, 0.5) is 11.4 Å². The highest BCUT2D eigenvalue weighted by atomic mass is 32.2. The Labute approximate surface area is 222 Å². The second kappa shape index (κ2) is 12.3. The molecule has 0 spiro atoms. The van der Waals surface area contributed by atoms with E-state index in [4.69, 9.17) is 4.74 Å². The summed E-state index contributed by atoms with van der Waals surface area (Å²) >= 11 is 1.44. The van der Waals surface area contributed by atoms with Crippen molar-refractivity contribution >= 4 is 35.0 Å². The Morgan fingerprint density at radius 1 is 0.730 bits per heavy atom. The van der Waals surface area contributed by atoms with Gasteiger partial charge in [-0.2, -0.15) is 0 Å². The summed E-state index contributed by atoms with van der Waals surface area (Å²) in [5, 5.41) is 5.53. The van der Waals surface area contributed by atoms with Gasteiger partial charge in [-0.05, 0) is 71.6 Å². The van der Waals surface area contributed by atoms with Gasteiger partial charge in [-0.15, -0.1) is 11.8 Å². The highest BCUT2D eigenvalue weighted by Crippen LogP contribution is 2.37. The second-order valence-corrected chi connectivity index (χ2v) is 10.1. The molecule has 188 valence electrons. The maximum atomic E-state index is 13.4. The van der Waals surface area contributed by atoms with Crippen LogP contribution in [0, 0.1) is 0 Å². The van der Waals surface area contributed by atoms with E-state index in [2.05, 4.69) is 24.5 Å². The van der Waals surface area contributed by atoms with Gasteiger partial charge in [0.25, 0.3) is 5.91 Å². The lowest BCUT2D eigenvalue weighted by atomic mass is 10.0. The van der Waals surface area contributed by atoms with Crippen molar-refractivity contribution in [2.24, 2.45) is 0 Å². The van der Waals surface area contributed by atoms with Crippen molar-refractivity contribution < 1.29 is 14.3 Å². The summed E-state index contributed by atoms with van der Waals surface area (Å²) in [7, 11) is 1.59. The molecule has 4 aromatic rings. The van der Waals surface area contributed by atoms with Gasteiger partial charge in [-0.25, -0.2) is 0 Å². The van der Waals surface area contributed by atoms with Gasteiger partial charge in [0, 0.05) is 21.8 Å². The molecule has 1 unspecified atom stereocenters. The van der Waals surface area contributed by atoms with Crippen molar-refractivity contribution in [2.75, 3.05) is 17.7 Å². The lowest BCUT2D eigenvalue weighted by molar-refractivity contribution is -0.115. The third-order valence-corrected chi connectivity index (χ3v) is 7.13. The minimum Gasteiger partial charge on any atom is -0.497 e. The molecule has 0 aromatic heterocycles. The molecule has 4 rings (SSSR count). The van der Waals surface area contributed by atoms with E-state index >= 15 is 0 Å². The van der Waals surface area contributed by atoms with Crippen LogP contribution >= 0.6 is 11.8 Å². The number of methoxy groups -OCH3 is 1. The largest absolute Gasteiger partial charge is 0.497 e. The Morgan fingerprint density at radius 2 is 1.43 bits per heavy atom. The highest BCUT2D eigenvalue weighted by molar-refractivity contribution is 8.00. The monoisotopic (exact) mass is 510 g/mol. The van der Waals surface area contributed by atoms with Gasteiger partial charge in [0.05, 0.1) is 7.11 Å². The number of rotatable bonds is 9. The topological polar surface area (TPSA) is 67.4 Å². The zero-order valence-electron chi connectivity index (χ0n) is 21.1. The Hall–Kier alpha value is -4.03. The van der Waals surface area contributed by atoms with Crippen LogP contribution < -0.4 is 15.4 Å². The fourth-order valence-electron chi connectivity index (χ4n) is 3.79. The van der Waals surface area contributed by atoms with Crippen LogP contribution in [0.25, 0.3) is 0 Å². The molecule has 0 aliphatic carbocycles. The molecule has 0 radical (unpaired) electrons. The maximum Gasteiger partial charge on any atom is 0.255 e. The van der Waals surface area contributed by atoms with Crippen LogP contribution in [0.3, 0.4) is 0 Å². The molecule has 2 N–H and O–H groups in total. The van der Waals surface area contributed by atoms with E-state index in [1.807, 2.05) is 78.9 Å². The van der Waals surface area contributed by atoms with Crippen LogP contribution in [-0.2, 0) is 4.79 Å². The zero-order chi connectivity index (χ0) is 26.2. The van der Waals surface area contributed by atoms with Gasteiger partial charge < -0.3 is 15.4 Å². The number of carbonyl (C=O) groups is 2. The highest BCUT2D eigenvalue weighted by Gasteiger charge is 2.22. The lowest BCUT2D eigenvalue weighted by Gasteiger charge is -2.18. The van der Waals surface area contributed by atoms with Crippen molar-refractivity contribution in [1.29, 1.82) is 0 Å². The molecule has 0 saturated heterocycles. The Bertz CT molecular complexity index is 1340. The number of thioether (sulfide) groups is 1. The molecule has 1 atom stereocenters. The fraction of sp³-hybridized carbons (Fsp3) is 0.161. The minimum atomic E-state index is -0.474. The van der Waals surface area contributed by atoms with Crippen molar-refractivity contribution in [3.63, 3.8) is 0 Å². The summed E-state index contributed by atoms with van der Waals surface area (Å²) in [6, 6.07) is 32.1. The van der Waals surface area contributed by atoms with Gasteiger partial charge in [-0.3, -0.25) is 9.59 Å². The SMILES string of the molecule is COc1ccc(C(=O)Nc2cccc(SC(C(=O)Nc3ccc(C(C)C)cc3)c3ccccc3)c2)cc1. The number of hydrogen-bond donors (Lipinski definition) is 2. The molecule has 5 nitrogen and oxygen atoms in total. The van der Waals surface area contributed by atoms with Crippen molar-refractivity contribution in [3.8, 4) is 5.75 Å². The number of nitrogens with one attached hydrogen (secondary N) is 2. The third kappa shape index (κ3) is 7.02. The number of anilines is 2. The van der Waals surface area contributed by atoms with Crippen LogP contribution in [-0.4, -0.2) is 18.9 Å². The Balaban J connectivity index is 1.51. The second-order valence-electron chi connectivity index (χ2n) is 8.88. The average Bonchev–Trinajstić information content (AvgIpc) is 2.92. The first-order chi connectivity index (χ1) is 17.9. The summed E-state index contributed by atoms with van der Waals surface area (Å²) in [6.45, 7) is 4.28. The van der Waals surface area contributed by atoms with E-state index in [9.17, 15) is 9.59 Å². The van der Waals surface area contributed by atoms with Crippen LogP contribution in [0.1, 0.15) is 46.5 Å². The molecule has 37 heavy (non-hydrogen) atoms. The van der Waals surface area contributed by atoms with E-state index in [-0.39, 0.29) is 11.8 Å². The Morgan fingerprint density at radius 3 is 2.08 bits per heavy atom. The molecular formula is C31H30N2O3S. The molecular weight excluding hydrogens is 480 g/mol. The smallest absolute Gasteiger partial charge is 0.255 e. The summed E-state index contributed by atoms with van der Waals surface area (Å²) in [4.78, 5) is 27.0. The molecule has 0 heterocycles. The predicted octanol–water partition coefficient (Wildman–Crippen LogP) is 7.54. The first-order valence-electron chi connectivity index (χ1n) is 12.1. The van der Waals surface area contributed by atoms with Gasteiger partial charge in [0.1, 0.15) is 11.0 Å². The number of carbonyl (C=O) groups excluding carboxylic acids is 2. The molecule has 6 heteroatoms. The maximum absolute atomic E-state index is 13.4. The number of benzene rings is 4. The van der Waals surface area contributed by atoms with Gasteiger partial charge in [0.2, 0.25) is 5.91 Å². The molecule has 0 bridgehead atoms. The number of hydrogen-bond acceptors (Lipinski definition) is 4. The van der Waals surface area contributed by atoms with Crippen LogP contribution in [0.5, 0.6) is 5.75 Å². The van der Waals surface area contributed by atoms with Gasteiger partial charge in [0.15, 0.2) is 0 Å². The molecule has 0 saturated carbocycles. The van der Waals surface area contributed by atoms with Crippen molar-refractivity contribution in [2.45, 2.75) is 29.9 Å². The molecule has 2 amide bonds. The molecule has 0 aliphatic heterocycles. The Kier molecular flexibility index (Phi) is 8.64. The zero-order valence-corrected chi connectivity index (χ0v) is 21.9. The molecule has 0 aliphatic rings.